The molecule has 0 unspecified atom stereocenters. The van der Waals surface area contributed by atoms with E-state index in [1.807, 2.05) is 46.0 Å². The summed E-state index contributed by atoms with van der Waals surface area (Å²) in [6, 6.07) is 15.0. The number of carbonyl (C=O) groups is 1. The maximum Gasteiger partial charge on any atom is 2.00 e. The monoisotopic (exact) mass is 1230 g/mol. The number of rotatable bonds is 10. The van der Waals surface area contributed by atoms with Crippen LogP contribution in [0.2, 0.25) is 0 Å². The maximum atomic E-state index is 11.6. The summed E-state index contributed by atoms with van der Waals surface area (Å²) in [6.45, 7) is 8.54. The Bertz CT molecular complexity index is 2950. The van der Waals surface area contributed by atoms with Crippen molar-refractivity contribution in [3.8, 4) is 11.4 Å². The Morgan fingerprint density at radius 2 is 1.09 bits per heavy atom. The summed E-state index contributed by atoms with van der Waals surface area (Å²) in [5, 5.41) is 42.2. The minimum Gasteiger partial charge on any atom is 2.00 e. The Morgan fingerprint density at radius 1 is 0.689 bits per heavy atom. The molecule has 3 N–H and O–H groups in total. The van der Waals surface area contributed by atoms with Gasteiger partial charge in [0.15, 0.2) is 22.3 Å². The number of fused-ring (bicyclic) bond motifs is 2. The van der Waals surface area contributed by atoms with Crippen LogP contribution in [0.15, 0.2) is 85.7 Å². The van der Waals surface area contributed by atoms with Crippen molar-refractivity contribution in [2.45, 2.75) is 70.1 Å². The number of hydrogen-bond acceptors (Lipinski definition) is 18. The molecular formula is C46H55CeCl4MgN16O6. The number of ether oxygens (including phenoxy) is 4. The van der Waals surface area contributed by atoms with E-state index in [9.17, 15) is 9.90 Å². The van der Waals surface area contributed by atoms with E-state index in [4.69, 9.17) is 35.8 Å². The standard InChI is InChI=1S/C21H24N8O2.C20H20N8O3.C4H8O.CH3.Ce.4ClH.Mg/c1-21(2,30)14-3-5-17(6-4-14)29-19-18(26-27-29)12-22-20(25-19)24-15-11-23-28(13-15)16-7-9-31-10-8-16;1-30-19(29)13-2-4-16(5-3-13)28-18-17(25-26-28)11-21-20(24-18)23-14-10-22-27(12-14)15-6-8-31-9-7-15;1-2-4-5-3-1;;;;;;;/h3-6,11-13,16,30H,7-10H2,1-2H3,(H,22,24,25);2-5,10-12,15H,6-9H2,1H3,(H,21,23,24);1-4H2;1H3;;4*1H;/q;;;-1;+3;;;;;+2/p-4. The summed E-state index contributed by atoms with van der Waals surface area (Å²) in [6.07, 6.45) is 17.1. The molecular weight excluding hydrogens is 1180 g/mol. The number of methoxy groups -OCH3 is 1. The van der Waals surface area contributed by atoms with Crippen LogP contribution in [-0.2, 0) is 24.5 Å². The van der Waals surface area contributed by atoms with E-state index >= 15 is 0 Å². The third kappa shape index (κ3) is 16.8. The van der Waals surface area contributed by atoms with Crippen molar-refractivity contribution in [3.63, 3.8) is 0 Å². The van der Waals surface area contributed by atoms with Crippen LogP contribution in [0, 0.1) is 38.1 Å². The molecule has 6 aromatic heterocycles. The molecule has 3 fully saturated rings. The summed E-state index contributed by atoms with van der Waals surface area (Å²) in [5.41, 5.74) is 20.8. The molecule has 8 aromatic rings. The zero-order valence-electron chi connectivity index (χ0n) is 41.2. The molecule has 74 heavy (non-hydrogen) atoms. The van der Waals surface area contributed by atoms with Gasteiger partial charge >= 0.3 is 76.6 Å². The third-order valence-corrected chi connectivity index (χ3v) is 11.4. The van der Waals surface area contributed by atoms with E-state index < -0.39 is 42.2 Å². The van der Waals surface area contributed by atoms with Gasteiger partial charge < -0.3 is 54.5 Å². The number of hydrogen-bond donors (Lipinski definition) is 3. The van der Waals surface area contributed by atoms with Gasteiger partial charge in [0.25, 0.3) is 0 Å². The van der Waals surface area contributed by atoms with Crippen LogP contribution < -0.4 is 23.0 Å². The van der Waals surface area contributed by atoms with Gasteiger partial charge in [-0.1, -0.05) is 22.6 Å². The fourth-order valence-electron chi connectivity index (χ4n) is 7.66. The number of nitrogens with zero attached hydrogens (tertiary/aromatic N) is 14. The van der Waals surface area contributed by atoms with Gasteiger partial charge in [-0.2, -0.15) is 29.5 Å². The Balaban J connectivity index is 0.000000227. The predicted molar refractivity (Wildman–Crippen MR) is 274 cm³/mol. The van der Waals surface area contributed by atoms with Crippen LogP contribution in [0.25, 0.3) is 33.7 Å². The molecule has 0 saturated carbocycles. The van der Waals surface area contributed by atoms with Gasteiger partial charge in [-0.05, 0) is 94.3 Å². The Kier molecular flexibility index (Phi) is 24.3. The van der Waals surface area contributed by atoms with Crippen LogP contribution in [-0.4, -0.2) is 150 Å². The minimum atomic E-state index is -2.24. The molecule has 0 bridgehead atoms. The molecule has 0 amide bonds. The molecule has 28 heteroatoms. The first-order valence-corrected chi connectivity index (χ1v) is 34.6. The van der Waals surface area contributed by atoms with Gasteiger partial charge in [-0.3, -0.25) is 9.36 Å². The zero-order chi connectivity index (χ0) is 49.7. The molecule has 0 atom stereocenters. The van der Waals surface area contributed by atoms with E-state index in [2.05, 4.69) is 61.4 Å². The van der Waals surface area contributed by atoms with Crippen LogP contribution in [0.1, 0.15) is 80.4 Å². The molecule has 9 heterocycles. The normalized spacial score (nSPS) is 14.6. The molecule has 0 radical (unpaired) electrons. The second kappa shape index (κ2) is 29.5. The van der Waals surface area contributed by atoms with E-state index in [1.54, 1.807) is 72.3 Å². The van der Waals surface area contributed by atoms with Gasteiger partial charge in [0.1, 0.15) is 0 Å². The Labute approximate surface area is 471 Å². The number of benzene rings is 2. The number of halogens is 4. The van der Waals surface area contributed by atoms with Gasteiger partial charge in [0, 0.05) is 52.0 Å². The van der Waals surface area contributed by atoms with Crippen molar-refractivity contribution in [2.75, 3.05) is 57.4 Å². The molecule has 22 nitrogen and oxygen atoms in total. The van der Waals surface area contributed by atoms with Crippen molar-refractivity contribution < 1.29 is 71.9 Å². The van der Waals surface area contributed by atoms with E-state index in [1.165, 1.54) is 20.0 Å². The summed E-state index contributed by atoms with van der Waals surface area (Å²) >= 11 is -2.24. The third-order valence-electron chi connectivity index (χ3n) is 11.4. The first-order chi connectivity index (χ1) is 34.4. The number of carbonyl (C=O) groups excluding carboxylic acids is 1. The number of aromatic nitrogens is 14. The number of aliphatic hydroxyl groups is 1. The molecule has 0 spiro atoms. The fourth-order valence-corrected chi connectivity index (χ4v) is 7.66. The Hall–Kier alpha value is -3.97. The quantitative estimate of drug-likeness (QED) is 0.0931. The van der Waals surface area contributed by atoms with E-state index in [0.717, 1.165) is 88.0 Å². The maximum absolute atomic E-state index is 11.6. The number of nitrogens with one attached hydrogen (secondary N) is 2. The van der Waals surface area contributed by atoms with Gasteiger partial charge in [-0.15, -0.1) is 10.2 Å². The summed E-state index contributed by atoms with van der Waals surface area (Å²) in [4.78, 5) is 29.5. The van der Waals surface area contributed by atoms with Crippen LogP contribution in [0.4, 0.5) is 23.3 Å². The first-order valence-electron chi connectivity index (χ1n) is 22.8. The molecule has 3 aliphatic rings. The number of anilines is 4. The smallest absolute Gasteiger partial charge is 2.00 e. The van der Waals surface area contributed by atoms with Crippen molar-refractivity contribution in [2.24, 2.45) is 0 Å². The number of esters is 1. The van der Waals surface area contributed by atoms with Gasteiger partial charge in [0.05, 0.1) is 77.9 Å². The van der Waals surface area contributed by atoms with Crippen molar-refractivity contribution >= 4 is 91.5 Å². The second-order valence-corrected chi connectivity index (χ2v) is 30.7. The predicted octanol–water partition coefficient (Wildman–Crippen LogP) is 4.96. The summed E-state index contributed by atoms with van der Waals surface area (Å²) in [7, 11) is 1.35. The van der Waals surface area contributed by atoms with Crippen LogP contribution in [0.5, 0.6) is 0 Å². The zero-order valence-corrected chi connectivity index (χ0v) is 48.8. The molecule has 11 rings (SSSR count). The average Bonchev–Trinajstić information content (AvgIpc) is 4.26. The fraction of sp³-hybridized carbons (Fsp3) is 0.391. The Morgan fingerprint density at radius 3 is 1.47 bits per heavy atom. The summed E-state index contributed by atoms with van der Waals surface area (Å²) in [5.74, 6) is 0.453. The molecule has 389 valence electrons. The molecule has 0 aliphatic carbocycles. The molecule has 3 aliphatic heterocycles. The van der Waals surface area contributed by atoms with Crippen molar-refractivity contribution in [1.82, 2.24) is 69.5 Å². The largest absolute Gasteiger partial charge is 2.00 e. The average molecular weight is 1230 g/mol. The van der Waals surface area contributed by atoms with Crippen molar-refractivity contribution in [1.29, 1.82) is 0 Å². The molecule has 3 saturated heterocycles. The first kappa shape index (κ1) is 60.9. The SMILES string of the molecule is C1CCOC1.CC(C)(O)c1ccc(-n2nnc3cnc(Nc4cnn(C5CCOCC5)c4)nc32)cc1.COC(=O)c1ccc(-n2nnc3cnc(Nc4cnn(C5CCOCC5)c4)nc32)cc1.[CH3-].[Cl-].[Cl][Ce]([Cl])[Cl].[Mg+2]. The topological polar surface area (TPSA) is 247 Å². The van der Waals surface area contributed by atoms with Crippen LogP contribution in [0.3, 0.4) is 0 Å². The summed E-state index contributed by atoms with van der Waals surface area (Å²) < 4.78 is 27.7. The van der Waals surface area contributed by atoms with E-state index in [0.29, 0.717) is 57.6 Å². The van der Waals surface area contributed by atoms with E-state index in [-0.39, 0.29) is 42.9 Å². The van der Waals surface area contributed by atoms with Crippen LogP contribution >= 0.6 is 16.9 Å². The van der Waals surface area contributed by atoms with Gasteiger partial charge in [0.2, 0.25) is 11.9 Å². The van der Waals surface area contributed by atoms with Crippen molar-refractivity contribution in [3.05, 3.63) is 104 Å². The minimum absolute atomic E-state index is 0. The molecule has 2 aromatic carbocycles. The van der Waals surface area contributed by atoms with Gasteiger partial charge in [-0.25, -0.2) is 14.8 Å². The second-order valence-electron chi connectivity index (χ2n) is 16.8.